The quantitative estimate of drug-likeness (QED) is 0.837. The molecule has 0 aliphatic heterocycles. The highest BCUT2D eigenvalue weighted by Gasteiger charge is 2.25. The van der Waals surface area contributed by atoms with Crippen molar-refractivity contribution >= 4 is 0 Å². The van der Waals surface area contributed by atoms with Gasteiger partial charge in [0.2, 0.25) is 0 Å². The monoisotopic (exact) mass is 233 g/mol. The van der Waals surface area contributed by atoms with Crippen LogP contribution >= 0.6 is 0 Å². The van der Waals surface area contributed by atoms with E-state index in [1.165, 1.54) is 24.8 Å². The first-order chi connectivity index (χ1) is 8.08. The van der Waals surface area contributed by atoms with Crippen LogP contribution in [0.4, 0.5) is 0 Å². The Hall–Kier alpha value is -1.02. The maximum Gasteiger partial charge on any atom is 0.120 e. The van der Waals surface area contributed by atoms with Crippen LogP contribution in [0.15, 0.2) is 18.2 Å². The maximum absolute atomic E-state index is 9.91. The molecule has 2 N–H and O–H groups in total. The van der Waals surface area contributed by atoms with Gasteiger partial charge in [-0.25, -0.2) is 0 Å². The van der Waals surface area contributed by atoms with E-state index in [1.54, 1.807) is 6.07 Å². The summed E-state index contributed by atoms with van der Waals surface area (Å²) >= 11 is 0. The molecule has 17 heavy (non-hydrogen) atoms. The number of rotatable bonds is 3. The summed E-state index contributed by atoms with van der Waals surface area (Å²) in [6, 6.07) is 6.64. The van der Waals surface area contributed by atoms with Crippen LogP contribution in [0.5, 0.6) is 5.75 Å². The average molecular weight is 233 g/mol. The van der Waals surface area contributed by atoms with Crippen LogP contribution < -0.4 is 5.32 Å². The molecule has 0 heterocycles. The molecule has 2 heteroatoms. The van der Waals surface area contributed by atoms with Gasteiger partial charge < -0.3 is 10.4 Å². The Labute approximate surface area is 104 Å². The highest BCUT2D eigenvalue weighted by Crippen LogP contribution is 2.30. The molecule has 1 saturated carbocycles. The first-order valence-corrected chi connectivity index (χ1v) is 6.63. The number of aryl methyl sites for hydroxylation is 1. The molecule has 94 valence electrons. The summed E-state index contributed by atoms with van der Waals surface area (Å²) in [5.41, 5.74) is 2.22. The van der Waals surface area contributed by atoms with Crippen molar-refractivity contribution in [3.8, 4) is 5.75 Å². The first-order valence-electron chi connectivity index (χ1n) is 6.63. The minimum Gasteiger partial charge on any atom is -0.508 e. The van der Waals surface area contributed by atoms with Crippen LogP contribution in [0.3, 0.4) is 0 Å². The Morgan fingerprint density at radius 2 is 2.12 bits per heavy atom. The Morgan fingerprint density at radius 3 is 2.76 bits per heavy atom. The molecule has 0 spiro atoms. The summed E-state index contributed by atoms with van der Waals surface area (Å²) in [5, 5.41) is 13.6. The molecule has 0 aromatic heterocycles. The van der Waals surface area contributed by atoms with E-state index in [4.69, 9.17) is 0 Å². The maximum atomic E-state index is 9.91. The lowest BCUT2D eigenvalue weighted by atomic mass is 10.0. The van der Waals surface area contributed by atoms with Crippen molar-refractivity contribution in [2.75, 3.05) is 0 Å². The molecule has 1 aliphatic rings. The van der Waals surface area contributed by atoms with Crippen LogP contribution in [0.25, 0.3) is 0 Å². The summed E-state index contributed by atoms with van der Waals surface area (Å²) < 4.78 is 0. The number of hydrogen-bond donors (Lipinski definition) is 2. The Kier molecular flexibility index (Phi) is 3.72. The third kappa shape index (κ3) is 2.81. The van der Waals surface area contributed by atoms with Gasteiger partial charge in [-0.15, -0.1) is 0 Å². The molecule has 0 amide bonds. The molecule has 2 nitrogen and oxygen atoms in total. The van der Waals surface area contributed by atoms with Gasteiger partial charge in [-0.3, -0.25) is 0 Å². The lowest BCUT2D eigenvalue weighted by molar-refractivity contribution is 0.378. The highest BCUT2D eigenvalue weighted by molar-refractivity contribution is 5.37. The van der Waals surface area contributed by atoms with Gasteiger partial charge in [0.15, 0.2) is 0 Å². The zero-order chi connectivity index (χ0) is 12.4. The van der Waals surface area contributed by atoms with Gasteiger partial charge >= 0.3 is 0 Å². The molecule has 1 aromatic carbocycles. The summed E-state index contributed by atoms with van der Waals surface area (Å²) in [6.07, 6.45) is 3.91. The van der Waals surface area contributed by atoms with Crippen molar-refractivity contribution < 1.29 is 5.11 Å². The molecule has 1 fully saturated rings. The molecule has 3 unspecified atom stereocenters. The van der Waals surface area contributed by atoms with Crippen molar-refractivity contribution in [1.82, 2.24) is 5.32 Å². The Balaban J connectivity index is 2.08. The lowest BCUT2D eigenvalue weighted by Gasteiger charge is -2.24. The number of aromatic hydroxyl groups is 1. The minimum atomic E-state index is 0.223. The largest absolute Gasteiger partial charge is 0.508 e. The second-order valence-electron chi connectivity index (χ2n) is 5.47. The molecule has 3 atom stereocenters. The molecular formula is C15H23NO. The molecular weight excluding hydrogens is 210 g/mol. The Morgan fingerprint density at radius 1 is 1.35 bits per heavy atom. The van der Waals surface area contributed by atoms with E-state index in [2.05, 4.69) is 32.2 Å². The van der Waals surface area contributed by atoms with E-state index < -0.39 is 0 Å². The fourth-order valence-corrected chi connectivity index (χ4v) is 2.82. The standard InChI is InChI=1S/C15H23NO/c1-10-7-8-15(17)13(9-10)12(3)16-14-6-4-5-11(14)2/h7-9,11-12,14,16-17H,4-6H2,1-3H3. The average Bonchev–Trinajstić information content (AvgIpc) is 2.68. The van der Waals surface area contributed by atoms with E-state index in [9.17, 15) is 5.11 Å². The van der Waals surface area contributed by atoms with Gasteiger partial charge in [-0.05, 0) is 38.7 Å². The smallest absolute Gasteiger partial charge is 0.120 e. The molecule has 0 bridgehead atoms. The van der Waals surface area contributed by atoms with Gasteiger partial charge in [0.05, 0.1) is 0 Å². The minimum absolute atomic E-state index is 0.223. The predicted molar refractivity (Wildman–Crippen MR) is 71.2 cm³/mol. The molecule has 1 aromatic rings. The van der Waals surface area contributed by atoms with E-state index >= 15 is 0 Å². The van der Waals surface area contributed by atoms with Crippen molar-refractivity contribution in [3.63, 3.8) is 0 Å². The summed E-state index contributed by atoms with van der Waals surface area (Å²) in [6.45, 7) is 6.51. The number of phenolic OH excluding ortho intramolecular Hbond substituents is 1. The fourth-order valence-electron chi connectivity index (χ4n) is 2.82. The fraction of sp³-hybridized carbons (Fsp3) is 0.600. The van der Waals surface area contributed by atoms with Crippen LogP contribution in [-0.2, 0) is 0 Å². The molecule has 1 aliphatic carbocycles. The normalized spacial score (nSPS) is 26.1. The van der Waals surface area contributed by atoms with Crippen molar-refractivity contribution in [1.29, 1.82) is 0 Å². The van der Waals surface area contributed by atoms with Crippen molar-refractivity contribution in [2.24, 2.45) is 5.92 Å². The van der Waals surface area contributed by atoms with Crippen LogP contribution in [0.1, 0.15) is 50.3 Å². The number of hydrogen-bond acceptors (Lipinski definition) is 2. The van der Waals surface area contributed by atoms with Gasteiger partial charge in [-0.2, -0.15) is 0 Å². The zero-order valence-corrected chi connectivity index (χ0v) is 11.0. The van der Waals surface area contributed by atoms with E-state index in [1.807, 2.05) is 6.07 Å². The van der Waals surface area contributed by atoms with Gasteiger partial charge in [0, 0.05) is 17.6 Å². The first kappa shape index (κ1) is 12.4. The van der Waals surface area contributed by atoms with Crippen LogP contribution in [0.2, 0.25) is 0 Å². The SMILES string of the molecule is Cc1ccc(O)c(C(C)NC2CCCC2C)c1. The van der Waals surface area contributed by atoms with Gasteiger partial charge in [0.1, 0.15) is 5.75 Å². The van der Waals surface area contributed by atoms with Crippen LogP contribution in [0, 0.1) is 12.8 Å². The summed E-state index contributed by atoms with van der Waals surface area (Å²) in [7, 11) is 0. The lowest BCUT2D eigenvalue weighted by Crippen LogP contribution is -2.33. The number of phenols is 1. The zero-order valence-electron chi connectivity index (χ0n) is 11.0. The number of benzene rings is 1. The van der Waals surface area contributed by atoms with E-state index in [0.29, 0.717) is 11.8 Å². The number of nitrogens with one attached hydrogen (secondary N) is 1. The topological polar surface area (TPSA) is 32.3 Å². The van der Waals surface area contributed by atoms with E-state index in [-0.39, 0.29) is 6.04 Å². The highest BCUT2D eigenvalue weighted by atomic mass is 16.3. The summed E-state index contributed by atoms with van der Waals surface area (Å²) in [4.78, 5) is 0. The van der Waals surface area contributed by atoms with Gasteiger partial charge in [0.25, 0.3) is 0 Å². The Bertz CT molecular complexity index is 389. The van der Waals surface area contributed by atoms with Gasteiger partial charge in [-0.1, -0.05) is 31.0 Å². The molecule has 0 saturated heterocycles. The van der Waals surface area contributed by atoms with Crippen molar-refractivity contribution in [3.05, 3.63) is 29.3 Å². The van der Waals surface area contributed by atoms with Crippen LogP contribution in [-0.4, -0.2) is 11.1 Å². The molecule has 2 rings (SSSR count). The predicted octanol–water partition coefficient (Wildman–Crippen LogP) is 3.54. The third-order valence-electron chi connectivity index (χ3n) is 3.98. The second-order valence-corrected chi connectivity index (χ2v) is 5.47. The molecule has 0 radical (unpaired) electrons. The van der Waals surface area contributed by atoms with Crippen molar-refractivity contribution in [2.45, 2.75) is 52.1 Å². The van der Waals surface area contributed by atoms with E-state index in [0.717, 1.165) is 11.5 Å². The summed E-state index contributed by atoms with van der Waals surface area (Å²) in [5.74, 6) is 1.16. The second kappa shape index (κ2) is 5.09. The third-order valence-corrected chi connectivity index (χ3v) is 3.98.